The third-order valence-electron chi connectivity index (χ3n) is 2.85. The summed E-state index contributed by atoms with van der Waals surface area (Å²) in [6.45, 7) is 6.77. The van der Waals surface area contributed by atoms with Gasteiger partial charge in [0.2, 0.25) is 0 Å². The largest absolute Gasteiger partial charge is 0.0856 e. The maximum atomic E-state index is 2.39. The lowest BCUT2D eigenvalue weighted by Gasteiger charge is -2.30. The van der Waals surface area contributed by atoms with Gasteiger partial charge in [-0.25, -0.2) is 0 Å². The zero-order valence-electron chi connectivity index (χ0n) is 8.06. The summed E-state index contributed by atoms with van der Waals surface area (Å²) in [5, 5.41) is 0. The Labute approximate surface area is 70.7 Å². The SMILES string of the molecule is CC(C)=CCC(C)C1CCC1. The fourth-order valence-electron chi connectivity index (χ4n) is 1.62. The van der Waals surface area contributed by atoms with Crippen LogP contribution in [0, 0.1) is 11.8 Å². The Bertz CT molecular complexity index is 136. The van der Waals surface area contributed by atoms with Crippen LogP contribution in [0.4, 0.5) is 0 Å². The Morgan fingerprint density at radius 1 is 1.45 bits per heavy atom. The third-order valence-corrected chi connectivity index (χ3v) is 2.85. The molecule has 0 amide bonds. The van der Waals surface area contributed by atoms with E-state index in [1.165, 1.54) is 31.3 Å². The molecule has 1 unspecified atom stereocenters. The van der Waals surface area contributed by atoms with Crippen LogP contribution in [0.25, 0.3) is 0 Å². The predicted molar refractivity (Wildman–Crippen MR) is 50.6 cm³/mol. The quantitative estimate of drug-likeness (QED) is 0.540. The summed E-state index contributed by atoms with van der Waals surface area (Å²) in [6, 6.07) is 0. The zero-order chi connectivity index (χ0) is 8.27. The number of rotatable bonds is 3. The standard InChI is InChI=1S/C11H20/c1-9(2)7-8-10(3)11-5-4-6-11/h7,10-11H,4-6,8H2,1-3H3. The van der Waals surface area contributed by atoms with Gasteiger partial charge in [-0.15, -0.1) is 0 Å². The van der Waals surface area contributed by atoms with Gasteiger partial charge in [-0.2, -0.15) is 0 Å². The van der Waals surface area contributed by atoms with Crippen molar-refractivity contribution in [3.8, 4) is 0 Å². The van der Waals surface area contributed by atoms with Gasteiger partial charge >= 0.3 is 0 Å². The number of hydrogen-bond donors (Lipinski definition) is 0. The van der Waals surface area contributed by atoms with Crippen LogP contribution in [0.5, 0.6) is 0 Å². The molecule has 0 aromatic heterocycles. The van der Waals surface area contributed by atoms with Crippen molar-refractivity contribution in [2.75, 3.05) is 0 Å². The molecule has 1 aliphatic rings. The van der Waals surface area contributed by atoms with Crippen molar-refractivity contribution >= 4 is 0 Å². The average Bonchev–Trinajstić information content (AvgIpc) is 1.79. The molecule has 0 aliphatic heterocycles. The second-order valence-corrected chi connectivity index (χ2v) is 4.19. The Hall–Kier alpha value is -0.260. The van der Waals surface area contributed by atoms with E-state index in [2.05, 4.69) is 26.8 Å². The van der Waals surface area contributed by atoms with Gasteiger partial charge in [0.05, 0.1) is 0 Å². The van der Waals surface area contributed by atoms with Crippen LogP contribution >= 0.6 is 0 Å². The lowest BCUT2D eigenvalue weighted by atomic mass is 9.75. The maximum Gasteiger partial charge on any atom is -0.0320 e. The van der Waals surface area contributed by atoms with Crippen LogP contribution in [0.1, 0.15) is 46.5 Å². The van der Waals surface area contributed by atoms with Crippen molar-refractivity contribution in [3.05, 3.63) is 11.6 Å². The van der Waals surface area contributed by atoms with E-state index in [0.29, 0.717) is 0 Å². The van der Waals surface area contributed by atoms with Crippen molar-refractivity contribution in [2.24, 2.45) is 11.8 Å². The van der Waals surface area contributed by atoms with Gasteiger partial charge in [0.1, 0.15) is 0 Å². The molecule has 1 atom stereocenters. The minimum atomic E-state index is 0.929. The highest BCUT2D eigenvalue weighted by Crippen LogP contribution is 2.34. The minimum Gasteiger partial charge on any atom is -0.0856 e. The first-order valence-electron chi connectivity index (χ1n) is 4.83. The Kier molecular flexibility index (Phi) is 3.16. The van der Waals surface area contributed by atoms with E-state index >= 15 is 0 Å². The van der Waals surface area contributed by atoms with Gasteiger partial charge in [-0.1, -0.05) is 37.8 Å². The molecule has 11 heavy (non-hydrogen) atoms. The second kappa shape index (κ2) is 3.94. The monoisotopic (exact) mass is 152 g/mol. The van der Waals surface area contributed by atoms with Crippen LogP contribution in [0.3, 0.4) is 0 Å². The van der Waals surface area contributed by atoms with Gasteiger partial charge in [0.15, 0.2) is 0 Å². The van der Waals surface area contributed by atoms with Crippen molar-refractivity contribution in [3.63, 3.8) is 0 Å². The molecule has 0 aromatic carbocycles. The summed E-state index contributed by atoms with van der Waals surface area (Å²) in [4.78, 5) is 0. The first-order valence-corrected chi connectivity index (χ1v) is 4.83. The van der Waals surface area contributed by atoms with Crippen molar-refractivity contribution < 1.29 is 0 Å². The van der Waals surface area contributed by atoms with Gasteiger partial charge < -0.3 is 0 Å². The fourth-order valence-corrected chi connectivity index (χ4v) is 1.62. The first kappa shape index (κ1) is 8.83. The highest BCUT2D eigenvalue weighted by molar-refractivity contribution is 4.94. The maximum absolute atomic E-state index is 2.39. The highest BCUT2D eigenvalue weighted by atomic mass is 14.3. The van der Waals surface area contributed by atoms with Crippen LogP contribution < -0.4 is 0 Å². The minimum absolute atomic E-state index is 0.929. The van der Waals surface area contributed by atoms with Gasteiger partial charge in [0.25, 0.3) is 0 Å². The molecule has 0 N–H and O–H groups in total. The predicted octanol–water partition coefficient (Wildman–Crippen LogP) is 3.78. The summed E-state index contributed by atoms with van der Waals surface area (Å²) in [7, 11) is 0. The molecule has 64 valence electrons. The van der Waals surface area contributed by atoms with Crippen molar-refractivity contribution in [2.45, 2.75) is 46.5 Å². The average molecular weight is 152 g/mol. The molecule has 0 aromatic rings. The second-order valence-electron chi connectivity index (χ2n) is 4.19. The van der Waals surface area contributed by atoms with E-state index in [9.17, 15) is 0 Å². The lowest BCUT2D eigenvalue weighted by Crippen LogP contribution is -2.18. The summed E-state index contributed by atoms with van der Waals surface area (Å²) in [5.41, 5.74) is 1.47. The molecular weight excluding hydrogens is 132 g/mol. The van der Waals surface area contributed by atoms with Gasteiger partial charge in [0, 0.05) is 0 Å². The molecule has 1 fully saturated rings. The Morgan fingerprint density at radius 2 is 2.09 bits per heavy atom. The number of hydrogen-bond acceptors (Lipinski definition) is 0. The molecule has 0 heterocycles. The molecule has 0 heteroatoms. The molecule has 1 aliphatic carbocycles. The van der Waals surface area contributed by atoms with Crippen LogP contribution in [-0.4, -0.2) is 0 Å². The molecule has 1 saturated carbocycles. The third kappa shape index (κ3) is 2.69. The van der Waals surface area contributed by atoms with E-state index < -0.39 is 0 Å². The zero-order valence-corrected chi connectivity index (χ0v) is 8.06. The van der Waals surface area contributed by atoms with Crippen LogP contribution in [0.2, 0.25) is 0 Å². The van der Waals surface area contributed by atoms with E-state index in [0.717, 1.165) is 11.8 Å². The Morgan fingerprint density at radius 3 is 2.45 bits per heavy atom. The van der Waals surface area contributed by atoms with Gasteiger partial charge in [-0.3, -0.25) is 0 Å². The molecule has 0 bridgehead atoms. The first-order chi connectivity index (χ1) is 5.20. The molecular formula is C11H20. The molecule has 0 nitrogen and oxygen atoms in total. The van der Waals surface area contributed by atoms with E-state index in [1.807, 2.05) is 0 Å². The van der Waals surface area contributed by atoms with Crippen molar-refractivity contribution in [1.82, 2.24) is 0 Å². The highest BCUT2D eigenvalue weighted by Gasteiger charge is 2.22. The van der Waals surface area contributed by atoms with Gasteiger partial charge in [-0.05, 0) is 32.1 Å². The van der Waals surface area contributed by atoms with Crippen LogP contribution in [-0.2, 0) is 0 Å². The van der Waals surface area contributed by atoms with E-state index in [4.69, 9.17) is 0 Å². The number of allylic oxidation sites excluding steroid dienone is 2. The topological polar surface area (TPSA) is 0 Å². The molecule has 0 radical (unpaired) electrons. The summed E-state index contributed by atoms with van der Waals surface area (Å²) in [6.07, 6.45) is 8.12. The molecule has 1 rings (SSSR count). The van der Waals surface area contributed by atoms with E-state index in [-0.39, 0.29) is 0 Å². The Balaban J connectivity index is 2.19. The molecule has 0 spiro atoms. The smallest absolute Gasteiger partial charge is 0.0320 e. The van der Waals surface area contributed by atoms with Crippen molar-refractivity contribution in [1.29, 1.82) is 0 Å². The van der Waals surface area contributed by atoms with E-state index in [1.54, 1.807) is 0 Å². The van der Waals surface area contributed by atoms with Crippen LogP contribution in [0.15, 0.2) is 11.6 Å². The summed E-state index contributed by atoms with van der Waals surface area (Å²) in [5.74, 6) is 1.98. The normalized spacial score (nSPS) is 20.6. The molecule has 0 saturated heterocycles. The lowest BCUT2D eigenvalue weighted by molar-refractivity contribution is 0.221. The summed E-state index contributed by atoms with van der Waals surface area (Å²) < 4.78 is 0. The fraction of sp³-hybridized carbons (Fsp3) is 0.818. The summed E-state index contributed by atoms with van der Waals surface area (Å²) >= 11 is 0.